The Hall–Kier alpha value is -2.04. The maximum atomic E-state index is 6.70. The first kappa shape index (κ1) is 30.9. The third kappa shape index (κ3) is 7.42. The average Bonchev–Trinajstić information content (AvgIpc) is 3.82. The molecule has 2 heterocycles. The maximum Gasteiger partial charge on any atom is 0.127 e. The molecule has 4 atom stereocenters. The third-order valence-electron chi connectivity index (χ3n) is 8.49. The molecule has 0 spiro atoms. The van der Waals surface area contributed by atoms with Gasteiger partial charge in [-0.15, -0.1) is 0 Å². The summed E-state index contributed by atoms with van der Waals surface area (Å²) in [5.41, 5.74) is 8.07. The van der Waals surface area contributed by atoms with Crippen LogP contribution in [0, 0.1) is 0 Å². The average molecular weight is 551 g/mol. The Balaban J connectivity index is 1.63. The van der Waals surface area contributed by atoms with Gasteiger partial charge in [0.1, 0.15) is 35.9 Å². The molecule has 2 aliphatic heterocycles. The van der Waals surface area contributed by atoms with Crippen molar-refractivity contribution >= 4 is 0 Å². The molecule has 40 heavy (non-hydrogen) atoms. The molecule has 2 saturated heterocycles. The fraction of sp³-hybridized carbons (Fsp3) is 0.667. The van der Waals surface area contributed by atoms with Crippen molar-refractivity contribution in [3.8, 4) is 11.5 Å². The zero-order chi connectivity index (χ0) is 29.1. The Bertz CT molecular complexity index is 976. The second-order valence-electron chi connectivity index (χ2n) is 13.2. The highest BCUT2D eigenvalue weighted by molar-refractivity contribution is 5.50. The molecular formula is C36H54O4. The number of aryl methyl sites for hydroxylation is 2. The molecule has 0 bridgehead atoms. The highest BCUT2D eigenvalue weighted by atomic mass is 16.6. The minimum Gasteiger partial charge on any atom is -0.487 e. The number of rotatable bonds is 15. The monoisotopic (exact) mass is 550 g/mol. The lowest BCUT2D eigenvalue weighted by Gasteiger charge is -2.26. The summed E-state index contributed by atoms with van der Waals surface area (Å²) in [5, 5.41) is 0. The largest absolute Gasteiger partial charge is 0.487 e. The van der Waals surface area contributed by atoms with Gasteiger partial charge in [-0.3, -0.25) is 0 Å². The van der Waals surface area contributed by atoms with E-state index in [4.69, 9.17) is 18.9 Å². The lowest BCUT2D eigenvalue weighted by molar-refractivity contribution is 0.151. The first-order chi connectivity index (χ1) is 19.0. The maximum absolute atomic E-state index is 6.70. The highest BCUT2D eigenvalue weighted by Crippen LogP contribution is 2.40. The van der Waals surface area contributed by atoms with Gasteiger partial charge in [0.2, 0.25) is 0 Å². The lowest BCUT2D eigenvalue weighted by Crippen LogP contribution is -2.24. The van der Waals surface area contributed by atoms with Gasteiger partial charge in [0.15, 0.2) is 0 Å². The second kappa shape index (κ2) is 13.3. The summed E-state index contributed by atoms with van der Waals surface area (Å²) < 4.78 is 24.6. The zero-order valence-electron chi connectivity index (χ0n) is 26.8. The molecule has 0 amide bonds. The summed E-state index contributed by atoms with van der Waals surface area (Å²) in [6.45, 7) is 24.3. The van der Waals surface area contributed by atoms with Crippen LogP contribution in [0.5, 0.6) is 11.5 Å². The van der Waals surface area contributed by atoms with Gasteiger partial charge in [-0.25, -0.2) is 0 Å². The van der Waals surface area contributed by atoms with E-state index in [1.165, 1.54) is 33.4 Å². The summed E-state index contributed by atoms with van der Waals surface area (Å²) in [5.74, 6) is 3.75. The van der Waals surface area contributed by atoms with E-state index in [9.17, 15) is 0 Å². The summed E-state index contributed by atoms with van der Waals surface area (Å²) in [6.07, 6.45) is 4.68. The molecule has 4 nitrogen and oxygen atoms in total. The minimum absolute atomic E-state index is 0.129. The van der Waals surface area contributed by atoms with Crippen LogP contribution in [0.4, 0.5) is 0 Å². The number of epoxide rings is 2. The summed E-state index contributed by atoms with van der Waals surface area (Å²) in [4.78, 5) is 0. The summed E-state index contributed by atoms with van der Waals surface area (Å²) in [7, 11) is 0. The van der Waals surface area contributed by atoms with E-state index >= 15 is 0 Å². The van der Waals surface area contributed by atoms with E-state index in [0.29, 0.717) is 23.7 Å². The van der Waals surface area contributed by atoms with Crippen LogP contribution in [0.2, 0.25) is 0 Å². The van der Waals surface area contributed by atoms with Crippen LogP contribution < -0.4 is 9.47 Å². The summed E-state index contributed by atoms with van der Waals surface area (Å²) in [6, 6.07) is 9.60. The normalized spacial score (nSPS) is 19.9. The van der Waals surface area contributed by atoms with Crippen LogP contribution in [-0.4, -0.2) is 37.6 Å². The number of hydrogen-bond donors (Lipinski definition) is 0. The van der Waals surface area contributed by atoms with Crippen molar-refractivity contribution in [3.05, 3.63) is 57.6 Å². The van der Waals surface area contributed by atoms with E-state index in [0.717, 1.165) is 50.4 Å². The van der Waals surface area contributed by atoms with E-state index in [2.05, 4.69) is 93.5 Å². The van der Waals surface area contributed by atoms with E-state index < -0.39 is 0 Å². The van der Waals surface area contributed by atoms with Crippen LogP contribution in [0.25, 0.3) is 0 Å². The predicted octanol–water partition coefficient (Wildman–Crippen LogP) is 9.08. The first-order valence-electron chi connectivity index (χ1n) is 15.9. The Morgan fingerprint density at radius 1 is 0.575 bits per heavy atom. The number of benzene rings is 2. The van der Waals surface area contributed by atoms with Gasteiger partial charge in [-0.05, 0) is 82.7 Å². The molecule has 2 aliphatic rings. The van der Waals surface area contributed by atoms with Gasteiger partial charge in [0, 0.05) is 0 Å². The van der Waals surface area contributed by atoms with Crippen molar-refractivity contribution in [3.63, 3.8) is 0 Å². The topological polar surface area (TPSA) is 43.5 Å². The van der Waals surface area contributed by atoms with Crippen LogP contribution in [0.15, 0.2) is 24.3 Å². The van der Waals surface area contributed by atoms with E-state index in [1.807, 2.05) is 0 Å². The molecule has 0 aliphatic carbocycles. The van der Waals surface area contributed by atoms with Crippen molar-refractivity contribution in [1.29, 1.82) is 0 Å². The number of ether oxygens (including phenoxy) is 4. The Morgan fingerprint density at radius 3 is 1.05 bits per heavy atom. The van der Waals surface area contributed by atoms with Gasteiger partial charge >= 0.3 is 0 Å². The lowest BCUT2D eigenvalue weighted by atomic mass is 9.87. The molecule has 2 fully saturated rings. The zero-order valence-corrected chi connectivity index (χ0v) is 26.8. The Morgan fingerprint density at radius 2 is 0.850 bits per heavy atom. The van der Waals surface area contributed by atoms with Crippen molar-refractivity contribution in [1.82, 2.24) is 0 Å². The standard InChI is InChI=1S/C36H54O4/c1-11-31(33-19-37-33)39-35-27(21(3)4)15-25(16-28(35)22(5)6)13-14-26-17-29(23(7)8)36(30(18-26)24(9)10)40-32(12-2)34-20-38-34/h15-18,21-24,31-34H,11-14,19-20H2,1-10H3. The minimum atomic E-state index is 0.129. The first-order valence-corrected chi connectivity index (χ1v) is 15.9. The van der Waals surface area contributed by atoms with Crippen molar-refractivity contribution in [2.75, 3.05) is 13.2 Å². The highest BCUT2D eigenvalue weighted by Gasteiger charge is 2.35. The molecule has 0 aromatic heterocycles. The van der Waals surface area contributed by atoms with Crippen molar-refractivity contribution in [2.45, 2.75) is 143 Å². The van der Waals surface area contributed by atoms with Gasteiger partial charge < -0.3 is 18.9 Å². The smallest absolute Gasteiger partial charge is 0.127 e. The fourth-order valence-corrected chi connectivity index (χ4v) is 5.73. The SMILES string of the molecule is CCC(Oc1c(C(C)C)cc(CCc2cc(C(C)C)c(OC(CC)C3CO3)c(C(C)C)c2)cc1C(C)C)C1CO1. The van der Waals surface area contributed by atoms with Gasteiger partial charge in [-0.1, -0.05) is 93.5 Å². The summed E-state index contributed by atoms with van der Waals surface area (Å²) >= 11 is 0. The van der Waals surface area contributed by atoms with Crippen LogP contribution in [0.1, 0.15) is 139 Å². The van der Waals surface area contributed by atoms with E-state index in [-0.39, 0.29) is 24.4 Å². The molecular weight excluding hydrogens is 496 g/mol. The molecule has 4 unspecified atom stereocenters. The second-order valence-corrected chi connectivity index (χ2v) is 13.2. The molecule has 222 valence electrons. The van der Waals surface area contributed by atoms with Gasteiger partial charge in [0.05, 0.1) is 13.2 Å². The quantitative estimate of drug-likeness (QED) is 0.207. The molecule has 0 saturated carbocycles. The molecule has 2 aromatic carbocycles. The molecule has 4 rings (SSSR count). The van der Waals surface area contributed by atoms with E-state index in [1.54, 1.807) is 0 Å². The van der Waals surface area contributed by atoms with Crippen LogP contribution >= 0.6 is 0 Å². The number of hydrogen-bond acceptors (Lipinski definition) is 4. The Kier molecular flexibility index (Phi) is 10.3. The third-order valence-corrected chi connectivity index (χ3v) is 8.49. The van der Waals surface area contributed by atoms with Gasteiger partial charge in [-0.2, -0.15) is 0 Å². The van der Waals surface area contributed by atoms with Gasteiger partial charge in [0.25, 0.3) is 0 Å². The van der Waals surface area contributed by atoms with Crippen molar-refractivity contribution in [2.24, 2.45) is 0 Å². The van der Waals surface area contributed by atoms with Crippen LogP contribution in [0.3, 0.4) is 0 Å². The Labute approximate surface area is 244 Å². The molecule has 4 heteroatoms. The fourth-order valence-electron chi connectivity index (χ4n) is 5.73. The van der Waals surface area contributed by atoms with Crippen molar-refractivity contribution < 1.29 is 18.9 Å². The predicted molar refractivity (Wildman–Crippen MR) is 166 cm³/mol. The molecule has 0 N–H and O–H groups in total. The van der Waals surface area contributed by atoms with Crippen LogP contribution in [-0.2, 0) is 22.3 Å². The molecule has 0 radical (unpaired) electrons. The molecule has 2 aromatic rings.